The molecule has 0 fully saturated rings. The van der Waals surface area contributed by atoms with Crippen LogP contribution in [0.4, 0.5) is 0 Å². The molecule has 3 aromatic rings. The van der Waals surface area contributed by atoms with E-state index < -0.39 is 5.97 Å². The highest BCUT2D eigenvalue weighted by Crippen LogP contribution is 2.32. The van der Waals surface area contributed by atoms with Crippen molar-refractivity contribution in [1.82, 2.24) is 9.88 Å². The number of aryl methyl sites for hydroxylation is 1. The van der Waals surface area contributed by atoms with Crippen molar-refractivity contribution in [3.8, 4) is 0 Å². The fraction of sp³-hybridized carbons (Fsp3) is 0.469. The van der Waals surface area contributed by atoms with E-state index in [2.05, 4.69) is 91.5 Å². The summed E-state index contributed by atoms with van der Waals surface area (Å²) in [6.07, 6.45) is 12.5. The second-order valence-corrected chi connectivity index (χ2v) is 11.3. The maximum atomic E-state index is 9.92. The third-order valence-corrected chi connectivity index (χ3v) is 7.95. The first-order valence-corrected chi connectivity index (χ1v) is 14.9. The predicted molar refractivity (Wildman–Crippen MR) is 157 cm³/mol. The first kappa shape index (κ1) is 29.1. The van der Waals surface area contributed by atoms with Crippen LogP contribution in [0.3, 0.4) is 0 Å². The smallest absolute Gasteiger partial charge is 0.0461 e. The van der Waals surface area contributed by atoms with Gasteiger partial charge in [0.05, 0.1) is 0 Å². The summed E-state index contributed by atoms with van der Waals surface area (Å²) in [4.78, 5) is 17.3. The van der Waals surface area contributed by atoms with Crippen LogP contribution in [0.15, 0.2) is 65.7 Å². The van der Waals surface area contributed by atoms with Gasteiger partial charge in [-0.2, -0.15) is 0 Å². The molecule has 0 bridgehead atoms. The minimum atomic E-state index is -0.920. The van der Waals surface area contributed by atoms with Gasteiger partial charge in [-0.15, -0.1) is 11.8 Å². The summed E-state index contributed by atoms with van der Waals surface area (Å²) < 4.78 is 0. The molecule has 5 heteroatoms. The molecule has 2 heterocycles. The van der Waals surface area contributed by atoms with E-state index in [1.807, 2.05) is 11.8 Å². The van der Waals surface area contributed by atoms with Crippen molar-refractivity contribution >= 4 is 34.2 Å². The van der Waals surface area contributed by atoms with Crippen LogP contribution in [0.25, 0.3) is 16.5 Å². The van der Waals surface area contributed by atoms with Crippen LogP contribution < -0.4 is 5.11 Å². The van der Waals surface area contributed by atoms with Gasteiger partial charge in [-0.1, -0.05) is 69.0 Å². The Bertz CT molecular complexity index is 1120. The second-order valence-electron chi connectivity index (χ2n) is 10.1. The maximum absolute atomic E-state index is 9.92. The molecule has 0 saturated heterocycles. The molecular weight excluding hydrogens is 476 g/mol. The van der Waals surface area contributed by atoms with Crippen LogP contribution in [0, 0.1) is 0 Å². The third-order valence-electron chi connectivity index (χ3n) is 6.96. The summed E-state index contributed by atoms with van der Waals surface area (Å²) in [6, 6.07) is 18.2. The number of thioether (sulfide) groups is 1. The lowest BCUT2D eigenvalue weighted by molar-refractivity contribution is -0.305. The largest absolute Gasteiger partial charge is 0.550 e. The van der Waals surface area contributed by atoms with Crippen LogP contribution in [0.1, 0.15) is 76.8 Å². The fourth-order valence-electron chi connectivity index (χ4n) is 4.66. The van der Waals surface area contributed by atoms with E-state index >= 15 is 0 Å². The molecule has 0 radical (unpaired) electrons. The van der Waals surface area contributed by atoms with Gasteiger partial charge in [0.1, 0.15) is 0 Å². The third kappa shape index (κ3) is 9.71. The lowest BCUT2D eigenvalue weighted by atomic mass is 9.98. The zero-order valence-corrected chi connectivity index (χ0v) is 23.6. The SMILES string of the molecule is CC(C)N1CC=C(c2c[nH]c3ccc(SCCc4ccccc4)cc23)CC1.CCCCCCCC(=O)[O-]. The Morgan fingerprint density at radius 3 is 2.54 bits per heavy atom. The van der Waals surface area contributed by atoms with Gasteiger partial charge in [0.2, 0.25) is 0 Å². The zero-order valence-electron chi connectivity index (χ0n) is 22.8. The number of H-pyrrole nitrogens is 1. The monoisotopic (exact) mass is 519 g/mol. The minimum Gasteiger partial charge on any atom is -0.550 e. The number of benzene rings is 2. The summed E-state index contributed by atoms with van der Waals surface area (Å²) in [5.74, 6) is 0.193. The Morgan fingerprint density at radius 1 is 1.08 bits per heavy atom. The van der Waals surface area contributed by atoms with Crippen molar-refractivity contribution in [2.75, 3.05) is 18.8 Å². The molecule has 37 heavy (non-hydrogen) atoms. The zero-order chi connectivity index (χ0) is 26.5. The number of carboxylic acids is 1. The molecule has 2 aromatic carbocycles. The lowest BCUT2D eigenvalue weighted by Gasteiger charge is -2.29. The topological polar surface area (TPSA) is 59.2 Å². The molecule has 0 spiro atoms. The molecule has 0 unspecified atom stereocenters. The number of nitrogens with zero attached hydrogens (tertiary/aromatic N) is 1. The number of rotatable bonds is 12. The van der Waals surface area contributed by atoms with Gasteiger partial charge in [0, 0.05) is 58.4 Å². The summed E-state index contributed by atoms with van der Waals surface area (Å²) >= 11 is 1.95. The number of fused-ring (bicyclic) bond motifs is 1. The Balaban J connectivity index is 0.000000325. The summed E-state index contributed by atoms with van der Waals surface area (Å²) in [5, 5.41) is 11.3. The van der Waals surface area contributed by atoms with E-state index in [1.165, 1.54) is 45.3 Å². The van der Waals surface area contributed by atoms with Crippen LogP contribution in [-0.2, 0) is 11.2 Å². The van der Waals surface area contributed by atoms with E-state index in [1.54, 1.807) is 0 Å². The van der Waals surface area contributed by atoms with Gasteiger partial charge in [0.25, 0.3) is 0 Å². The number of aromatic amines is 1. The van der Waals surface area contributed by atoms with Crippen molar-refractivity contribution in [1.29, 1.82) is 0 Å². The first-order chi connectivity index (χ1) is 18.0. The highest BCUT2D eigenvalue weighted by atomic mass is 32.2. The summed E-state index contributed by atoms with van der Waals surface area (Å²) in [6.45, 7) is 8.92. The van der Waals surface area contributed by atoms with Crippen LogP contribution in [0.5, 0.6) is 0 Å². The standard InChI is InChI=1S/C24H28N2S.C8H16O2/c1-18(2)26-13-10-20(11-14-26)23-17-25-24-9-8-21(16-22(23)24)27-15-12-19-6-4-3-5-7-19;1-2-3-4-5-6-7-8(9)10/h3-10,16-18,25H,11-15H2,1-2H3;2-7H2,1H3,(H,9,10)/p-1. The number of carbonyl (C=O) groups excluding carboxylic acids is 1. The Hall–Kier alpha value is -2.50. The molecule has 4 nitrogen and oxygen atoms in total. The average molecular weight is 520 g/mol. The van der Waals surface area contributed by atoms with Gasteiger partial charge in [0.15, 0.2) is 0 Å². The first-order valence-electron chi connectivity index (χ1n) is 13.9. The molecule has 1 N–H and O–H groups in total. The second kappa shape index (κ2) is 15.7. The van der Waals surface area contributed by atoms with Gasteiger partial charge in [-0.3, -0.25) is 4.90 Å². The van der Waals surface area contributed by atoms with E-state index in [9.17, 15) is 9.90 Å². The number of carbonyl (C=O) groups is 1. The van der Waals surface area contributed by atoms with Crippen LogP contribution >= 0.6 is 11.8 Å². The van der Waals surface area contributed by atoms with E-state index in [0.717, 1.165) is 50.9 Å². The van der Waals surface area contributed by atoms with Crippen molar-refractivity contribution in [2.24, 2.45) is 0 Å². The Morgan fingerprint density at radius 2 is 1.86 bits per heavy atom. The summed E-state index contributed by atoms with van der Waals surface area (Å²) in [7, 11) is 0. The number of aliphatic carboxylic acids is 1. The number of hydrogen-bond donors (Lipinski definition) is 1. The van der Waals surface area contributed by atoms with Gasteiger partial charge in [-0.05, 0) is 68.9 Å². The maximum Gasteiger partial charge on any atom is 0.0461 e. The Labute approximate surface area is 227 Å². The molecule has 1 aromatic heterocycles. The molecule has 1 aliphatic rings. The number of aromatic nitrogens is 1. The highest BCUT2D eigenvalue weighted by molar-refractivity contribution is 7.99. The van der Waals surface area contributed by atoms with Gasteiger partial charge >= 0.3 is 0 Å². The quantitative estimate of drug-likeness (QED) is 0.205. The average Bonchev–Trinajstić information content (AvgIpc) is 3.33. The number of unbranched alkanes of at least 4 members (excludes halogenated alkanes) is 4. The van der Waals surface area contributed by atoms with Gasteiger partial charge < -0.3 is 14.9 Å². The minimum absolute atomic E-state index is 0.226. The molecule has 0 saturated carbocycles. The van der Waals surface area contributed by atoms with Crippen LogP contribution in [0.2, 0.25) is 0 Å². The van der Waals surface area contributed by atoms with Crippen molar-refractivity contribution < 1.29 is 9.90 Å². The molecule has 1 aliphatic heterocycles. The molecule has 0 atom stereocenters. The number of nitrogens with one attached hydrogen (secondary N) is 1. The fourth-order valence-corrected chi connectivity index (χ4v) is 5.60. The molecule has 200 valence electrons. The van der Waals surface area contributed by atoms with Crippen molar-refractivity contribution in [2.45, 2.75) is 83.1 Å². The van der Waals surface area contributed by atoms with E-state index in [4.69, 9.17) is 0 Å². The normalized spacial score (nSPS) is 13.9. The van der Waals surface area contributed by atoms with Crippen LogP contribution in [-0.4, -0.2) is 40.7 Å². The van der Waals surface area contributed by atoms with Gasteiger partial charge in [-0.25, -0.2) is 0 Å². The van der Waals surface area contributed by atoms with E-state index in [-0.39, 0.29) is 6.42 Å². The van der Waals surface area contributed by atoms with Crippen molar-refractivity contribution in [3.05, 3.63) is 71.9 Å². The number of hydrogen-bond acceptors (Lipinski definition) is 4. The van der Waals surface area contributed by atoms with Crippen molar-refractivity contribution in [3.63, 3.8) is 0 Å². The molecule has 0 amide bonds. The predicted octanol–water partition coefficient (Wildman–Crippen LogP) is 7.10. The number of carboxylic acid groups (broad SMARTS) is 1. The summed E-state index contributed by atoms with van der Waals surface area (Å²) in [5.41, 5.74) is 5.53. The highest BCUT2D eigenvalue weighted by Gasteiger charge is 2.17. The lowest BCUT2D eigenvalue weighted by Crippen LogP contribution is -2.34. The molecule has 4 rings (SSSR count). The van der Waals surface area contributed by atoms with E-state index in [0.29, 0.717) is 6.04 Å². The Kier molecular flexibility index (Phi) is 12.3. The molecule has 0 aliphatic carbocycles. The molecular formula is C32H43N2O2S-.